The molecule has 3 unspecified atom stereocenters. The van der Waals surface area contributed by atoms with Crippen molar-refractivity contribution in [3.05, 3.63) is 60.2 Å². The lowest BCUT2D eigenvalue weighted by Gasteiger charge is -2.19. The van der Waals surface area contributed by atoms with Gasteiger partial charge >= 0.3 is 0 Å². The molecule has 28 heavy (non-hydrogen) atoms. The first-order valence-corrected chi connectivity index (χ1v) is 9.79. The second kappa shape index (κ2) is 8.08. The summed E-state index contributed by atoms with van der Waals surface area (Å²) in [5, 5.41) is 3.16. The summed E-state index contributed by atoms with van der Waals surface area (Å²) in [4.78, 5) is 21.4. The number of hydrogen-bond acceptors (Lipinski definition) is 5. The summed E-state index contributed by atoms with van der Waals surface area (Å²) >= 11 is 0. The van der Waals surface area contributed by atoms with Crippen LogP contribution in [0.3, 0.4) is 0 Å². The maximum absolute atomic E-state index is 12.8. The van der Waals surface area contributed by atoms with Crippen LogP contribution in [0.15, 0.2) is 48.8 Å². The van der Waals surface area contributed by atoms with Crippen molar-refractivity contribution >= 4 is 16.9 Å². The van der Waals surface area contributed by atoms with Crippen molar-refractivity contribution in [1.82, 2.24) is 30.7 Å². The van der Waals surface area contributed by atoms with E-state index in [1.165, 1.54) is 0 Å². The maximum Gasteiger partial charge on any atom is 0.239 e. The van der Waals surface area contributed by atoms with Gasteiger partial charge < -0.3 is 9.88 Å². The number of nitrogens with one attached hydrogen (secondary N) is 3. The van der Waals surface area contributed by atoms with Crippen molar-refractivity contribution in [2.45, 2.75) is 51.4 Å². The van der Waals surface area contributed by atoms with Crippen molar-refractivity contribution in [2.24, 2.45) is 0 Å². The Hall–Kier alpha value is -2.77. The van der Waals surface area contributed by atoms with Gasteiger partial charge in [-0.1, -0.05) is 19.1 Å². The first-order valence-electron chi connectivity index (χ1n) is 9.79. The van der Waals surface area contributed by atoms with Gasteiger partial charge in [0.1, 0.15) is 11.9 Å². The van der Waals surface area contributed by atoms with E-state index in [-0.39, 0.29) is 24.0 Å². The highest BCUT2D eigenvalue weighted by molar-refractivity contribution is 5.82. The quantitative estimate of drug-likeness (QED) is 0.613. The maximum atomic E-state index is 12.8. The van der Waals surface area contributed by atoms with E-state index in [2.05, 4.69) is 43.7 Å². The van der Waals surface area contributed by atoms with Gasteiger partial charge in [0.15, 0.2) is 0 Å². The van der Waals surface area contributed by atoms with Crippen LogP contribution in [0.2, 0.25) is 0 Å². The second-order valence-electron chi connectivity index (χ2n) is 7.28. The molecule has 1 saturated heterocycles. The molecule has 3 N–H and O–H groups in total. The minimum atomic E-state index is -0.254. The highest BCUT2D eigenvalue weighted by Gasteiger charge is 2.31. The molecule has 1 aliphatic heterocycles. The molecule has 4 rings (SSSR count). The summed E-state index contributed by atoms with van der Waals surface area (Å²) < 4.78 is 2.21. The fraction of sp³-hybridized carbons (Fsp3) is 0.381. The Morgan fingerprint density at radius 1 is 1.25 bits per heavy atom. The molecule has 3 heterocycles. The Labute approximate surface area is 164 Å². The monoisotopic (exact) mass is 378 g/mol. The first kappa shape index (κ1) is 18.6. The molecule has 0 aliphatic carbocycles. The van der Waals surface area contributed by atoms with Gasteiger partial charge in [0.05, 0.1) is 17.1 Å². The third-order valence-electron chi connectivity index (χ3n) is 5.38. The van der Waals surface area contributed by atoms with E-state index in [0.717, 1.165) is 41.8 Å². The van der Waals surface area contributed by atoms with Gasteiger partial charge in [0.25, 0.3) is 0 Å². The van der Waals surface area contributed by atoms with Crippen molar-refractivity contribution in [3.63, 3.8) is 0 Å². The van der Waals surface area contributed by atoms with Gasteiger partial charge in [-0.2, -0.15) is 0 Å². The van der Waals surface area contributed by atoms with E-state index in [1.54, 1.807) is 12.4 Å². The van der Waals surface area contributed by atoms with Gasteiger partial charge in [-0.25, -0.2) is 10.4 Å². The van der Waals surface area contributed by atoms with Crippen LogP contribution in [-0.4, -0.2) is 32.5 Å². The minimum Gasteiger partial charge on any atom is -0.348 e. The van der Waals surface area contributed by atoms with Crippen molar-refractivity contribution in [1.29, 1.82) is 0 Å². The number of para-hydroxylation sites is 2. The summed E-state index contributed by atoms with van der Waals surface area (Å²) in [7, 11) is 0. The number of hydrazine groups is 1. The summed E-state index contributed by atoms with van der Waals surface area (Å²) in [6.45, 7) is 4.86. The zero-order valence-corrected chi connectivity index (χ0v) is 16.2. The zero-order valence-electron chi connectivity index (χ0n) is 16.2. The SMILES string of the molecule is CCC(NC(=O)C1CC(Cn2c(C)nc3ccccc32)NN1)c1ccncc1. The van der Waals surface area contributed by atoms with E-state index >= 15 is 0 Å². The normalized spacial score (nSPS) is 20.4. The van der Waals surface area contributed by atoms with Crippen LogP contribution in [0.25, 0.3) is 11.0 Å². The predicted molar refractivity (Wildman–Crippen MR) is 108 cm³/mol. The van der Waals surface area contributed by atoms with Crippen molar-refractivity contribution < 1.29 is 4.79 Å². The number of fused-ring (bicyclic) bond motifs is 1. The lowest BCUT2D eigenvalue weighted by Crippen LogP contribution is -2.44. The number of benzene rings is 1. The van der Waals surface area contributed by atoms with E-state index in [0.29, 0.717) is 0 Å². The zero-order chi connectivity index (χ0) is 19.5. The Morgan fingerprint density at radius 3 is 2.82 bits per heavy atom. The number of aromatic nitrogens is 3. The Kier molecular flexibility index (Phi) is 5.36. The molecule has 7 nitrogen and oxygen atoms in total. The van der Waals surface area contributed by atoms with Crippen molar-refractivity contribution in [2.75, 3.05) is 0 Å². The summed E-state index contributed by atoms with van der Waals surface area (Å²) in [6.07, 6.45) is 5.07. The summed E-state index contributed by atoms with van der Waals surface area (Å²) in [6, 6.07) is 11.9. The van der Waals surface area contributed by atoms with Crippen molar-refractivity contribution in [3.8, 4) is 0 Å². The number of carbonyl (C=O) groups excluding carboxylic acids is 1. The molecule has 2 aromatic heterocycles. The number of nitrogens with zero attached hydrogens (tertiary/aromatic N) is 3. The topological polar surface area (TPSA) is 83.9 Å². The molecule has 7 heteroatoms. The lowest BCUT2D eigenvalue weighted by atomic mass is 10.0. The van der Waals surface area contributed by atoms with Crippen LogP contribution in [0.4, 0.5) is 0 Å². The van der Waals surface area contributed by atoms with Gasteiger partial charge in [-0.3, -0.25) is 15.2 Å². The van der Waals surface area contributed by atoms with Crippen LogP contribution < -0.4 is 16.2 Å². The number of imidazole rings is 1. The minimum absolute atomic E-state index is 0.00353. The average Bonchev–Trinajstić information content (AvgIpc) is 3.32. The van der Waals surface area contributed by atoms with E-state index in [9.17, 15) is 4.79 Å². The highest BCUT2D eigenvalue weighted by Crippen LogP contribution is 2.19. The van der Waals surface area contributed by atoms with E-state index < -0.39 is 0 Å². The molecule has 0 bridgehead atoms. The molecule has 0 spiro atoms. The average molecular weight is 378 g/mol. The van der Waals surface area contributed by atoms with E-state index in [1.807, 2.05) is 37.3 Å². The summed E-state index contributed by atoms with van der Waals surface area (Å²) in [5.41, 5.74) is 9.64. The molecule has 3 aromatic rings. The predicted octanol–water partition coefficient (Wildman–Crippen LogP) is 2.24. The molecule has 1 aromatic carbocycles. The molecule has 0 saturated carbocycles. The number of amides is 1. The van der Waals surface area contributed by atoms with E-state index in [4.69, 9.17) is 0 Å². The Morgan fingerprint density at radius 2 is 2.04 bits per heavy atom. The number of rotatable bonds is 6. The molecule has 1 fully saturated rings. The number of hydrogen-bond donors (Lipinski definition) is 3. The largest absolute Gasteiger partial charge is 0.348 e. The lowest BCUT2D eigenvalue weighted by molar-refractivity contribution is -0.123. The van der Waals surface area contributed by atoms with Gasteiger partial charge in [0, 0.05) is 25.0 Å². The van der Waals surface area contributed by atoms with Crippen LogP contribution in [0.1, 0.15) is 37.2 Å². The Balaban J connectivity index is 1.39. The van der Waals surface area contributed by atoms with Crippen LogP contribution in [0.5, 0.6) is 0 Å². The molecule has 1 aliphatic rings. The van der Waals surface area contributed by atoms with Gasteiger partial charge in [-0.05, 0) is 49.6 Å². The van der Waals surface area contributed by atoms with Crippen LogP contribution >= 0.6 is 0 Å². The molecule has 0 radical (unpaired) electrons. The molecular formula is C21H26N6O. The van der Waals surface area contributed by atoms with Crippen LogP contribution in [0, 0.1) is 6.92 Å². The Bertz CT molecular complexity index is 954. The number of carbonyl (C=O) groups is 1. The smallest absolute Gasteiger partial charge is 0.239 e. The second-order valence-corrected chi connectivity index (χ2v) is 7.28. The summed E-state index contributed by atoms with van der Waals surface area (Å²) in [5.74, 6) is 1.01. The fourth-order valence-corrected chi connectivity index (χ4v) is 3.85. The third kappa shape index (κ3) is 3.76. The highest BCUT2D eigenvalue weighted by atomic mass is 16.2. The first-order chi connectivity index (χ1) is 13.7. The molecular weight excluding hydrogens is 352 g/mol. The number of pyridine rings is 1. The van der Waals surface area contributed by atoms with Crippen LogP contribution in [-0.2, 0) is 11.3 Å². The molecule has 146 valence electrons. The number of aryl methyl sites for hydroxylation is 1. The third-order valence-corrected chi connectivity index (χ3v) is 5.38. The van der Waals surface area contributed by atoms with Gasteiger partial charge in [0.2, 0.25) is 5.91 Å². The standard InChI is InChI=1S/C21H26N6O/c1-3-17(15-8-10-22-11-9-15)24-21(28)19-12-16(25-26-19)13-27-14(2)23-18-6-4-5-7-20(18)27/h4-11,16-17,19,25-26H,3,12-13H2,1-2H3,(H,24,28). The molecule has 1 amide bonds. The molecule has 3 atom stereocenters. The van der Waals surface area contributed by atoms with Gasteiger partial charge in [-0.15, -0.1) is 0 Å². The fourth-order valence-electron chi connectivity index (χ4n) is 3.85.